The van der Waals surface area contributed by atoms with Crippen LogP contribution in [0.3, 0.4) is 0 Å². The van der Waals surface area contributed by atoms with Crippen LogP contribution in [0.25, 0.3) is 10.9 Å². The van der Waals surface area contributed by atoms with E-state index in [4.69, 9.17) is 0 Å². The lowest BCUT2D eigenvalue weighted by atomic mass is 9.87. The molecule has 2 atom stereocenters. The van der Waals surface area contributed by atoms with E-state index in [0.717, 1.165) is 24.0 Å². The quantitative estimate of drug-likeness (QED) is 0.806. The summed E-state index contributed by atoms with van der Waals surface area (Å²) in [6.07, 6.45) is 6.34. The first-order chi connectivity index (χ1) is 11.5. The monoisotopic (exact) mass is 348 g/mol. The van der Waals surface area contributed by atoms with Gasteiger partial charge in [0, 0.05) is 34.8 Å². The molecule has 1 aromatic heterocycles. The molecule has 132 valence electrons. The van der Waals surface area contributed by atoms with Gasteiger partial charge in [-0.2, -0.15) is 0 Å². The van der Waals surface area contributed by atoms with Crippen LogP contribution < -0.4 is 5.32 Å². The Morgan fingerprint density at radius 3 is 2.79 bits per heavy atom. The first kappa shape index (κ1) is 17.5. The smallest absolute Gasteiger partial charge is 0.150 e. The van der Waals surface area contributed by atoms with Crippen LogP contribution in [0, 0.1) is 0 Å². The Morgan fingerprint density at radius 2 is 2.12 bits per heavy atom. The molecule has 1 fully saturated rings. The third kappa shape index (κ3) is 3.67. The third-order valence-electron chi connectivity index (χ3n) is 5.34. The van der Waals surface area contributed by atoms with Gasteiger partial charge in [-0.05, 0) is 55.5 Å². The van der Waals surface area contributed by atoms with Crippen LogP contribution in [0.1, 0.15) is 50.2 Å². The largest absolute Gasteiger partial charge is 0.361 e. The minimum Gasteiger partial charge on any atom is -0.361 e. The van der Waals surface area contributed by atoms with Gasteiger partial charge in [-0.3, -0.25) is 0 Å². The fourth-order valence-electron chi connectivity index (χ4n) is 3.85. The predicted octanol–water partition coefficient (Wildman–Crippen LogP) is 3.39. The minimum absolute atomic E-state index is 0.218. The van der Waals surface area contributed by atoms with Crippen molar-refractivity contribution in [2.45, 2.75) is 51.5 Å². The Balaban J connectivity index is 1.88. The second kappa shape index (κ2) is 7.28. The summed E-state index contributed by atoms with van der Waals surface area (Å²) in [6, 6.07) is 6.87. The zero-order chi connectivity index (χ0) is 17.2. The van der Waals surface area contributed by atoms with E-state index in [0.29, 0.717) is 18.4 Å². The molecule has 0 radical (unpaired) electrons. The average molecular weight is 349 g/mol. The summed E-state index contributed by atoms with van der Waals surface area (Å²) >= 11 is 0. The molecule has 1 aromatic carbocycles. The molecule has 5 heteroatoms. The second-order valence-electron chi connectivity index (χ2n) is 6.83. The molecule has 0 bridgehead atoms. The van der Waals surface area contributed by atoms with Gasteiger partial charge in [0.15, 0.2) is 0 Å². The second-order valence-corrected chi connectivity index (χ2v) is 9.30. The first-order valence-electron chi connectivity index (χ1n) is 9.07. The number of rotatable bonds is 7. The summed E-state index contributed by atoms with van der Waals surface area (Å²) < 4.78 is 23.5. The van der Waals surface area contributed by atoms with E-state index in [1.54, 1.807) is 6.92 Å². The lowest BCUT2D eigenvalue weighted by molar-refractivity contribution is 0.479. The summed E-state index contributed by atoms with van der Waals surface area (Å²) in [4.78, 5) is 3.39. The standard InChI is InChI=1S/C19H28N2O2S/c1-3-15(18-6-5-10-20-18)17-13-21-19-8-7-14(12-16(17)19)9-11-24(22,23)4-2/h7-8,12-13,15,18,20-21H,3-6,9-11H2,1-2H3. The van der Waals surface area contributed by atoms with Crippen molar-refractivity contribution in [2.24, 2.45) is 0 Å². The molecule has 1 saturated heterocycles. The van der Waals surface area contributed by atoms with Crippen molar-refractivity contribution in [1.29, 1.82) is 0 Å². The number of aromatic nitrogens is 1. The number of fused-ring (bicyclic) bond motifs is 1. The first-order valence-corrected chi connectivity index (χ1v) is 10.9. The Hall–Kier alpha value is -1.33. The van der Waals surface area contributed by atoms with Crippen molar-refractivity contribution in [3.63, 3.8) is 0 Å². The molecule has 2 heterocycles. The van der Waals surface area contributed by atoms with Gasteiger partial charge < -0.3 is 10.3 Å². The van der Waals surface area contributed by atoms with Gasteiger partial charge in [0.25, 0.3) is 0 Å². The molecule has 2 N–H and O–H groups in total. The van der Waals surface area contributed by atoms with Crippen LogP contribution in [0.4, 0.5) is 0 Å². The van der Waals surface area contributed by atoms with E-state index in [1.807, 2.05) is 6.07 Å². The van der Waals surface area contributed by atoms with Crippen LogP contribution in [0.15, 0.2) is 24.4 Å². The minimum atomic E-state index is -2.92. The topological polar surface area (TPSA) is 62.0 Å². The maximum absolute atomic E-state index is 11.8. The fraction of sp³-hybridized carbons (Fsp3) is 0.579. The van der Waals surface area contributed by atoms with Gasteiger partial charge in [0.2, 0.25) is 0 Å². The van der Waals surface area contributed by atoms with E-state index < -0.39 is 9.84 Å². The highest BCUT2D eigenvalue weighted by molar-refractivity contribution is 7.91. The number of benzene rings is 1. The average Bonchev–Trinajstić information content (AvgIpc) is 3.24. The van der Waals surface area contributed by atoms with Crippen LogP contribution in [-0.2, 0) is 16.3 Å². The maximum Gasteiger partial charge on any atom is 0.150 e. The lowest BCUT2D eigenvalue weighted by Gasteiger charge is -2.22. The van der Waals surface area contributed by atoms with Crippen molar-refractivity contribution in [3.05, 3.63) is 35.5 Å². The molecule has 0 aliphatic carbocycles. The number of sulfone groups is 1. The molecule has 3 rings (SSSR count). The number of hydrogen-bond donors (Lipinski definition) is 2. The highest BCUT2D eigenvalue weighted by Crippen LogP contribution is 2.33. The van der Waals surface area contributed by atoms with Gasteiger partial charge in [0.05, 0.1) is 5.75 Å². The highest BCUT2D eigenvalue weighted by Gasteiger charge is 2.26. The maximum atomic E-state index is 11.8. The molecule has 0 spiro atoms. The number of H-pyrrole nitrogens is 1. The Kier molecular flexibility index (Phi) is 5.30. The van der Waals surface area contributed by atoms with Crippen LogP contribution in [0.5, 0.6) is 0 Å². The van der Waals surface area contributed by atoms with Gasteiger partial charge in [-0.15, -0.1) is 0 Å². The van der Waals surface area contributed by atoms with Crippen molar-refractivity contribution in [1.82, 2.24) is 10.3 Å². The van der Waals surface area contributed by atoms with Crippen molar-refractivity contribution >= 4 is 20.7 Å². The molecular weight excluding hydrogens is 320 g/mol. The third-order valence-corrected chi connectivity index (χ3v) is 7.05. The Morgan fingerprint density at radius 1 is 1.29 bits per heavy atom. The van der Waals surface area contributed by atoms with Crippen LogP contribution in [0.2, 0.25) is 0 Å². The normalized spacial score (nSPS) is 19.8. The number of hydrogen-bond acceptors (Lipinski definition) is 3. The summed E-state index contributed by atoms with van der Waals surface area (Å²) in [6.45, 7) is 5.08. The predicted molar refractivity (Wildman–Crippen MR) is 100 cm³/mol. The van der Waals surface area contributed by atoms with E-state index in [2.05, 4.69) is 35.6 Å². The van der Waals surface area contributed by atoms with Gasteiger partial charge in [-0.25, -0.2) is 8.42 Å². The molecular formula is C19H28N2O2S. The number of aryl methyl sites for hydroxylation is 1. The molecule has 4 nitrogen and oxygen atoms in total. The molecule has 2 unspecified atom stereocenters. The molecule has 0 amide bonds. The van der Waals surface area contributed by atoms with Crippen molar-refractivity contribution in [3.8, 4) is 0 Å². The molecule has 2 aromatic rings. The van der Waals surface area contributed by atoms with E-state index in [1.165, 1.54) is 23.8 Å². The summed E-state index contributed by atoms with van der Waals surface area (Å²) in [7, 11) is -2.92. The van der Waals surface area contributed by atoms with Gasteiger partial charge in [-0.1, -0.05) is 19.9 Å². The van der Waals surface area contributed by atoms with Gasteiger partial charge >= 0.3 is 0 Å². The zero-order valence-corrected chi connectivity index (χ0v) is 15.5. The summed E-state index contributed by atoms with van der Waals surface area (Å²) in [5.74, 6) is 0.961. The number of nitrogens with one attached hydrogen (secondary N) is 2. The molecule has 1 aliphatic heterocycles. The molecule has 24 heavy (non-hydrogen) atoms. The fourth-order valence-corrected chi connectivity index (χ4v) is 4.68. The van der Waals surface area contributed by atoms with Gasteiger partial charge in [0.1, 0.15) is 9.84 Å². The van der Waals surface area contributed by atoms with E-state index in [-0.39, 0.29) is 11.5 Å². The van der Waals surface area contributed by atoms with Crippen molar-refractivity contribution in [2.75, 3.05) is 18.1 Å². The highest BCUT2D eigenvalue weighted by atomic mass is 32.2. The lowest BCUT2D eigenvalue weighted by Crippen LogP contribution is -2.28. The van der Waals surface area contributed by atoms with E-state index >= 15 is 0 Å². The molecule has 1 aliphatic rings. The zero-order valence-electron chi connectivity index (χ0n) is 14.6. The van der Waals surface area contributed by atoms with Crippen LogP contribution >= 0.6 is 0 Å². The van der Waals surface area contributed by atoms with Crippen molar-refractivity contribution < 1.29 is 8.42 Å². The van der Waals surface area contributed by atoms with E-state index in [9.17, 15) is 8.42 Å². The summed E-state index contributed by atoms with van der Waals surface area (Å²) in [5.41, 5.74) is 3.62. The SMILES string of the molecule is CCC(c1c[nH]c2ccc(CCS(=O)(=O)CC)cc12)C1CCCN1. The Labute approximate surface area is 145 Å². The Bertz CT molecular complexity index is 789. The number of aromatic amines is 1. The summed E-state index contributed by atoms with van der Waals surface area (Å²) in [5, 5.41) is 4.89. The molecule has 0 saturated carbocycles. The van der Waals surface area contributed by atoms with Crippen LogP contribution in [-0.4, -0.2) is 37.5 Å².